The Hall–Kier alpha value is -2.82. The van der Waals surface area contributed by atoms with Gasteiger partial charge in [0.25, 0.3) is 0 Å². The van der Waals surface area contributed by atoms with Crippen molar-refractivity contribution in [2.24, 2.45) is 0 Å². The van der Waals surface area contributed by atoms with Crippen molar-refractivity contribution >= 4 is 12.1 Å². The average molecular weight is 311 g/mol. The lowest BCUT2D eigenvalue weighted by Gasteiger charge is -2.12. The molecular weight excluding hydrogens is 294 g/mol. The molecule has 1 unspecified atom stereocenters. The number of carbonyl (C=O) groups is 2. The zero-order chi connectivity index (χ0) is 16.1. The second-order valence-corrected chi connectivity index (χ2v) is 5.36. The topological polar surface area (TPSA) is 64.6 Å². The highest BCUT2D eigenvalue weighted by molar-refractivity contribution is 5.91. The van der Waals surface area contributed by atoms with Crippen molar-refractivity contribution in [2.45, 2.75) is 19.1 Å². The predicted molar refractivity (Wildman–Crippen MR) is 84.0 cm³/mol. The maximum absolute atomic E-state index is 12.3. The summed E-state index contributed by atoms with van der Waals surface area (Å²) in [5, 5.41) is 2.71. The van der Waals surface area contributed by atoms with Crippen LogP contribution in [0.5, 0.6) is 0 Å². The van der Waals surface area contributed by atoms with Crippen LogP contribution >= 0.6 is 0 Å². The van der Waals surface area contributed by atoms with Gasteiger partial charge in [0.2, 0.25) is 0 Å². The summed E-state index contributed by atoms with van der Waals surface area (Å²) in [5.41, 5.74) is 2.29. The van der Waals surface area contributed by atoms with Gasteiger partial charge in [-0.1, -0.05) is 48.5 Å². The number of rotatable bonds is 5. The molecule has 1 N–H and O–H groups in total. The molecule has 0 aliphatic carbocycles. The van der Waals surface area contributed by atoms with E-state index in [4.69, 9.17) is 9.47 Å². The summed E-state index contributed by atoms with van der Waals surface area (Å²) in [6, 6.07) is 16.7. The van der Waals surface area contributed by atoms with Crippen molar-refractivity contribution in [3.05, 3.63) is 71.3 Å². The van der Waals surface area contributed by atoms with Gasteiger partial charge in [0, 0.05) is 0 Å². The van der Waals surface area contributed by atoms with Gasteiger partial charge < -0.3 is 14.8 Å². The maximum Gasteiger partial charge on any atom is 0.407 e. The molecule has 0 radical (unpaired) electrons. The third-order valence-electron chi connectivity index (χ3n) is 3.65. The van der Waals surface area contributed by atoms with Crippen molar-refractivity contribution in [1.29, 1.82) is 0 Å². The lowest BCUT2D eigenvalue weighted by Crippen LogP contribution is -2.29. The van der Waals surface area contributed by atoms with Crippen molar-refractivity contribution < 1.29 is 19.1 Å². The zero-order valence-corrected chi connectivity index (χ0v) is 12.5. The van der Waals surface area contributed by atoms with E-state index in [1.165, 1.54) is 0 Å². The molecule has 1 fully saturated rings. The van der Waals surface area contributed by atoms with Crippen LogP contribution < -0.4 is 5.32 Å². The highest BCUT2D eigenvalue weighted by Crippen LogP contribution is 2.15. The van der Waals surface area contributed by atoms with Crippen LogP contribution in [-0.2, 0) is 22.5 Å². The molecule has 2 aromatic carbocycles. The molecule has 2 aromatic rings. The minimum atomic E-state index is -0.417. The highest BCUT2D eigenvalue weighted by Gasteiger charge is 2.24. The number of amides is 1. The Morgan fingerprint density at radius 1 is 1.13 bits per heavy atom. The van der Waals surface area contributed by atoms with E-state index in [1.807, 2.05) is 42.5 Å². The molecule has 3 rings (SSSR count). The third kappa shape index (κ3) is 3.88. The summed E-state index contributed by atoms with van der Waals surface area (Å²) in [5.74, 6) is -0.366. The van der Waals surface area contributed by atoms with E-state index >= 15 is 0 Å². The molecule has 1 aliphatic heterocycles. The normalized spacial score (nSPS) is 16.5. The fraction of sp³-hybridized carbons (Fsp3) is 0.222. The standard InChI is InChI=1S/C18H17NO4/c20-17(22-11-13-6-2-1-3-7-13)16-9-5-4-8-14(16)10-15-12-23-18(21)19-15/h1-9,15H,10-12H2,(H,19,21). The molecule has 23 heavy (non-hydrogen) atoms. The predicted octanol–water partition coefficient (Wildman–Crippen LogP) is 2.69. The molecule has 1 amide bonds. The number of cyclic esters (lactones) is 1. The number of hydrogen-bond donors (Lipinski definition) is 1. The molecule has 1 atom stereocenters. The van der Waals surface area contributed by atoms with Crippen molar-refractivity contribution in [2.75, 3.05) is 6.61 Å². The average Bonchev–Trinajstić information content (AvgIpc) is 2.99. The Balaban J connectivity index is 1.66. The number of carbonyl (C=O) groups excluding carboxylic acids is 2. The minimum Gasteiger partial charge on any atom is -0.457 e. The summed E-state index contributed by atoms with van der Waals surface area (Å²) < 4.78 is 10.3. The Morgan fingerprint density at radius 3 is 2.61 bits per heavy atom. The van der Waals surface area contributed by atoms with E-state index in [1.54, 1.807) is 12.1 Å². The number of benzene rings is 2. The van der Waals surface area contributed by atoms with E-state index in [9.17, 15) is 9.59 Å². The number of nitrogens with one attached hydrogen (secondary N) is 1. The van der Waals surface area contributed by atoms with Crippen molar-refractivity contribution in [1.82, 2.24) is 5.32 Å². The molecule has 1 aliphatic rings. The molecule has 118 valence electrons. The fourth-order valence-corrected chi connectivity index (χ4v) is 2.50. The van der Waals surface area contributed by atoms with Crippen molar-refractivity contribution in [3.63, 3.8) is 0 Å². The Kier molecular flexibility index (Phi) is 4.57. The zero-order valence-electron chi connectivity index (χ0n) is 12.5. The second kappa shape index (κ2) is 6.96. The van der Waals surface area contributed by atoms with Gasteiger partial charge in [-0.15, -0.1) is 0 Å². The van der Waals surface area contributed by atoms with Crippen LogP contribution in [0.3, 0.4) is 0 Å². The SMILES string of the molecule is O=C1NC(Cc2ccccc2C(=O)OCc2ccccc2)CO1. The largest absolute Gasteiger partial charge is 0.457 e. The lowest BCUT2D eigenvalue weighted by atomic mass is 10.0. The summed E-state index contributed by atoms with van der Waals surface area (Å²) >= 11 is 0. The van der Waals surface area contributed by atoms with E-state index < -0.39 is 6.09 Å². The van der Waals surface area contributed by atoms with Gasteiger partial charge in [-0.3, -0.25) is 0 Å². The molecule has 0 aromatic heterocycles. The Labute approximate surface area is 134 Å². The van der Waals surface area contributed by atoms with E-state index in [2.05, 4.69) is 5.32 Å². The lowest BCUT2D eigenvalue weighted by molar-refractivity contribution is 0.0471. The van der Waals surface area contributed by atoms with Crippen LogP contribution in [-0.4, -0.2) is 24.7 Å². The second-order valence-electron chi connectivity index (χ2n) is 5.36. The first kappa shape index (κ1) is 15.1. The van der Waals surface area contributed by atoms with Gasteiger partial charge in [-0.2, -0.15) is 0 Å². The molecule has 0 spiro atoms. The summed E-state index contributed by atoms with van der Waals surface area (Å²) in [7, 11) is 0. The molecule has 0 bridgehead atoms. The summed E-state index contributed by atoms with van der Waals surface area (Å²) in [6.07, 6.45) is 0.113. The van der Waals surface area contributed by atoms with E-state index in [0.717, 1.165) is 11.1 Å². The summed E-state index contributed by atoms with van der Waals surface area (Å²) in [4.78, 5) is 23.4. The monoisotopic (exact) mass is 311 g/mol. The molecule has 1 heterocycles. The Bertz CT molecular complexity index is 699. The molecular formula is C18H17NO4. The maximum atomic E-state index is 12.3. The van der Waals surface area contributed by atoms with E-state index in [0.29, 0.717) is 18.6 Å². The van der Waals surface area contributed by atoms with Crippen LogP contribution in [0, 0.1) is 0 Å². The van der Waals surface area contributed by atoms with Crippen molar-refractivity contribution in [3.8, 4) is 0 Å². The first-order valence-corrected chi connectivity index (χ1v) is 7.44. The molecule has 1 saturated heterocycles. The molecule has 5 nitrogen and oxygen atoms in total. The highest BCUT2D eigenvalue weighted by atomic mass is 16.6. The minimum absolute atomic E-state index is 0.120. The quantitative estimate of drug-likeness (QED) is 0.862. The van der Waals surface area contributed by atoms with Crippen LogP contribution in [0.25, 0.3) is 0 Å². The summed E-state index contributed by atoms with van der Waals surface area (Å²) in [6.45, 7) is 0.545. The number of ether oxygens (including phenoxy) is 2. The number of alkyl carbamates (subject to hydrolysis) is 1. The smallest absolute Gasteiger partial charge is 0.407 e. The molecule has 0 saturated carbocycles. The van der Waals surface area contributed by atoms with Gasteiger partial charge in [-0.25, -0.2) is 9.59 Å². The van der Waals surface area contributed by atoms with Gasteiger partial charge in [0.05, 0.1) is 11.6 Å². The first-order valence-electron chi connectivity index (χ1n) is 7.44. The van der Waals surface area contributed by atoms with Crippen LogP contribution in [0.2, 0.25) is 0 Å². The van der Waals surface area contributed by atoms with E-state index in [-0.39, 0.29) is 18.6 Å². The van der Waals surface area contributed by atoms with Crippen LogP contribution in [0.15, 0.2) is 54.6 Å². The third-order valence-corrected chi connectivity index (χ3v) is 3.65. The number of hydrogen-bond acceptors (Lipinski definition) is 4. The molecule has 5 heteroatoms. The van der Waals surface area contributed by atoms with Gasteiger partial charge in [-0.05, 0) is 23.6 Å². The van der Waals surface area contributed by atoms with Crippen LogP contribution in [0.1, 0.15) is 21.5 Å². The van der Waals surface area contributed by atoms with Crippen LogP contribution in [0.4, 0.5) is 4.79 Å². The first-order chi connectivity index (χ1) is 11.2. The number of esters is 1. The fourth-order valence-electron chi connectivity index (χ4n) is 2.50. The Morgan fingerprint density at radius 2 is 1.87 bits per heavy atom. The van der Waals surface area contributed by atoms with Gasteiger partial charge >= 0.3 is 12.1 Å². The van der Waals surface area contributed by atoms with Gasteiger partial charge in [0.15, 0.2) is 0 Å². The van der Waals surface area contributed by atoms with Gasteiger partial charge in [0.1, 0.15) is 13.2 Å².